The second-order valence-electron chi connectivity index (χ2n) is 2.19. The van der Waals surface area contributed by atoms with Gasteiger partial charge < -0.3 is 15.6 Å². The molecule has 0 saturated heterocycles. The van der Waals surface area contributed by atoms with E-state index in [1.54, 1.807) is 0 Å². The summed E-state index contributed by atoms with van der Waals surface area (Å²) in [5, 5.41) is 0. The molecule has 0 saturated carbocycles. The number of nitrogens with zero attached hydrogens (tertiary/aromatic N) is 2. The molecule has 11 heavy (non-hydrogen) atoms. The van der Waals surface area contributed by atoms with Crippen LogP contribution in [-0.4, -0.2) is 9.55 Å². The minimum Gasteiger partial charge on any atom is -0.533 e. The molecule has 0 aliphatic heterocycles. The first-order valence-electron chi connectivity index (χ1n) is 3.19. The molecular formula is C8H10N2Y-2. The van der Waals surface area contributed by atoms with Gasteiger partial charge in [0.05, 0.1) is 0 Å². The maximum absolute atomic E-state index is 3.96. The molecule has 1 aromatic rings. The summed E-state index contributed by atoms with van der Waals surface area (Å²) in [6.07, 6.45) is 7.75. The third kappa shape index (κ3) is 2.88. The van der Waals surface area contributed by atoms with Crippen LogP contribution in [0.15, 0.2) is 6.20 Å². The van der Waals surface area contributed by atoms with Gasteiger partial charge in [-0.05, 0) is 0 Å². The number of aromatic nitrogens is 2. The van der Waals surface area contributed by atoms with Crippen LogP contribution in [0, 0.1) is 19.3 Å². The molecule has 0 amide bonds. The Morgan fingerprint density at radius 2 is 2.36 bits per heavy atom. The molecule has 2 nitrogen and oxygen atoms in total. The predicted molar refractivity (Wildman–Crippen MR) is 40.1 cm³/mol. The largest absolute Gasteiger partial charge is 0.533 e. The topological polar surface area (TPSA) is 17.8 Å². The third-order valence-corrected chi connectivity index (χ3v) is 1.37. The summed E-state index contributed by atoms with van der Waals surface area (Å²) in [5.41, 5.74) is 2.01. The zero-order valence-electron chi connectivity index (χ0n) is 7.05. The van der Waals surface area contributed by atoms with Crippen LogP contribution in [0.4, 0.5) is 0 Å². The molecule has 1 radical (unpaired) electrons. The molecule has 0 unspecified atom stereocenters. The quantitative estimate of drug-likeness (QED) is 0.662. The summed E-state index contributed by atoms with van der Waals surface area (Å²) < 4.78 is 1.83. The van der Waals surface area contributed by atoms with Gasteiger partial charge in [-0.3, -0.25) is 0 Å². The van der Waals surface area contributed by atoms with Crippen LogP contribution >= 0.6 is 0 Å². The average Bonchev–Trinajstić information content (AvgIpc) is 2.34. The zero-order chi connectivity index (χ0) is 7.56. The molecule has 0 N–H and O–H groups in total. The van der Waals surface area contributed by atoms with E-state index >= 15 is 0 Å². The monoisotopic (exact) mass is 223 g/mol. The van der Waals surface area contributed by atoms with Gasteiger partial charge in [-0.15, -0.1) is 0 Å². The predicted octanol–water partition coefficient (Wildman–Crippen LogP) is 1.67. The van der Waals surface area contributed by atoms with Gasteiger partial charge in [0.1, 0.15) is 0 Å². The van der Waals surface area contributed by atoms with Crippen LogP contribution in [-0.2, 0) is 32.7 Å². The van der Waals surface area contributed by atoms with Gasteiger partial charge in [0, 0.05) is 39.0 Å². The van der Waals surface area contributed by atoms with Crippen molar-refractivity contribution in [3.8, 4) is 0 Å². The Morgan fingerprint density at radius 3 is 2.73 bits per heavy atom. The number of rotatable bonds is 1. The SMILES string of the molecule is C[C-]=C(C)n1[c-]nc(C)c1.[Y]. The van der Waals surface area contributed by atoms with E-state index in [1.165, 1.54) is 0 Å². The van der Waals surface area contributed by atoms with Crippen molar-refractivity contribution >= 4 is 5.70 Å². The van der Waals surface area contributed by atoms with E-state index in [2.05, 4.69) is 17.4 Å². The Labute approximate surface area is 92.6 Å². The second kappa shape index (κ2) is 4.84. The number of hydrogen-bond acceptors (Lipinski definition) is 1. The number of hydrogen-bond donors (Lipinski definition) is 0. The van der Waals surface area contributed by atoms with Gasteiger partial charge in [-0.2, -0.15) is 0 Å². The van der Waals surface area contributed by atoms with Gasteiger partial charge >= 0.3 is 0 Å². The van der Waals surface area contributed by atoms with Crippen molar-refractivity contribution in [3.05, 3.63) is 24.3 Å². The minimum absolute atomic E-state index is 0. The van der Waals surface area contributed by atoms with Gasteiger partial charge in [-0.1, -0.05) is 25.7 Å². The molecular weight excluding hydrogens is 213 g/mol. The fraction of sp³-hybridized carbons (Fsp3) is 0.375. The Hall–Kier alpha value is 0.0539. The zero-order valence-corrected chi connectivity index (χ0v) is 9.89. The van der Waals surface area contributed by atoms with E-state index < -0.39 is 0 Å². The summed E-state index contributed by atoms with van der Waals surface area (Å²) in [6.45, 7) is 5.78. The molecule has 1 rings (SSSR count). The first kappa shape index (κ1) is 11.1. The first-order chi connectivity index (χ1) is 4.74. The van der Waals surface area contributed by atoms with Crippen molar-refractivity contribution in [1.29, 1.82) is 0 Å². The van der Waals surface area contributed by atoms with Crippen LogP contribution in [0.2, 0.25) is 0 Å². The van der Waals surface area contributed by atoms with E-state index in [1.807, 2.05) is 31.5 Å². The maximum atomic E-state index is 3.96. The van der Waals surface area contributed by atoms with Crippen LogP contribution < -0.4 is 0 Å². The van der Waals surface area contributed by atoms with Crippen molar-refractivity contribution in [2.75, 3.05) is 0 Å². The van der Waals surface area contributed by atoms with E-state index in [0.717, 1.165) is 11.4 Å². The van der Waals surface area contributed by atoms with Crippen molar-refractivity contribution in [2.45, 2.75) is 20.8 Å². The van der Waals surface area contributed by atoms with E-state index in [9.17, 15) is 0 Å². The van der Waals surface area contributed by atoms with Crippen LogP contribution in [0.25, 0.3) is 5.70 Å². The molecule has 0 bridgehead atoms. The smallest absolute Gasteiger partial charge is 0.0384 e. The molecule has 3 heteroatoms. The van der Waals surface area contributed by atoms with Crippen molar-refractivity contribution in [1.82, 2.24) is 9.55 Å². The van der Waals surface area contributed by atoms with Gasteiger partial charge in [-0.25, -0.2) is 12.6 Å². The second-order valence-corrected chi connectivity index (χ2v) is 2.19. The molecule has 0 aliphatic rings. The van der Waals surface area contributed by atoms with Crippen molar-refractivity contribution < 1.29 is 32.7 Å². The molecule has 0 fully saturated rings. The van der Waals surface area contributed by atoms with Gasteiger partial charge in [0.2, 0.25) is 0 Å². The van der Waals surface area contributed by atoms with Crippen molar-refractivity contribution in [3.63, 3.8) is 0 Å². The first-order valence-corrected chi connectivity index (χ1v) is 3.19. The Bertz CT molecular complexity index is 250. The molecule has 0 aromatic carbocycles. The molecule has 1 aromatic heterocycles. The Balaban J connectivity index is 0.000001000. The Kier molecular flexibility index (Phi) is 4.86. The normalized spacial score (nSPS) is 11.0. The van der Waals surface area contributed by atoms with Crippen molar-refractivity contribution in [2.24, 2.45) is 0 Å². The van der Waals surface area contributed by atoms with Gasteiger partial charge in [0.15, 0.2) is 0 Å². The summed E-state index contributed by atoms with van der Waals surface area (Å²) in [5.74, 6) is 0. The van der Waals surface area contributed by atoms with Crippen LogP contribution in [0.1, 0.15) is 19.5 Å². The Morgan fingerprint density at radius 1 is 1.73 bits per heavy atom. The number of allylic oxidation sites excluding steroid dienone is 2. The third-order valence-electron chi connectivity index (χ3n) is 1.37. The average molecular weight is 223 g/mol. The molecule has 57 valence electrons. The van der Waals surface area contributed by atoms with E-state index in [0.29, 0.717) is 0 Å². The summed E-state index contributed by atoms with van der Waals surface area (Å²) >= 11 is 0. The van der Waals surface area contributed by atoms with E-state index in [-0.39, 0.29) is 32.7 Å². The van der Waals surface area contributed by atoms with Crippen LogP contribution in [0.3, 0.4) is 0 Å². The van der Waals surface area contributed by atoms with Gasteiger partial charge in [0.25, 0.3) is 0 Å². The molecule has 0 aliphatic carbocycles. The number of aryl methyl sites for hydroxylation is 1. The fourth-order valence-corrected chi connectivity index (χ4v) is 0.670. The fourth-order valence-electron chi connectivity index (χ4n) is 0.670. The minimum atomic E-state index is 0. The summed E-state index contributed by atoms with van der Waals surface area (Å²) in [6, 6.07) is 0. The molecule has 0 atom stereocenters. The number of imidazole rings is 1. The van der Waals surface area contributed by atoms with E-state index in [4.69, 9.17) is 0 Å². The summed E-state index contributed by atoms with van der Waals surface area (Å²) in [7, 11) is 0. The van der Waals surface area contributed by atoms with Crippen LogP contribution in [0.5, 0.6) is 0 Å². The maximum Gasteiger partial charge on any atom is 0.0384 e. The summed E-state index contributed by atoms with van der Waals surface area (Å²) in [4.78, 5) is 3.96. The molecule has 1 heterocycles. The molecule has 0 spiro atoms. The standard InChI is InChI=1S/C8H10N2.Y/c1-4-8(3)10-5-7(2)9-6-10;/h5H,1-3H3;/q-2;.